The summed E-state index contributed by atoms with van der Waals surface area (Å²) in [5.74, 6) is -0.0828. The number of carbonyl (C=O) groups excluding carboxylic acids is 1. The molecule has 3 aromatic rings. The highest BCUT2D eigenvalue weighted by molar-refractivity contribution is 6.32. The summed E-state index contributed by atoms with van der Waals surface area (Å²) < 4.78 is 5.50. The Morgan fingerprint density at radius 1 is 1.08 bits per heavy atom. The number of anilines is 1. The highest BCUT2D eigenvalue weighted by Gasteiger charge is 2.17. The van der Waals surface area contributed by atoms with Gasteiger partial charge in [-0.15, -0.1) is 0 Å². The van der Waals surface area contributed by atoms with Crippen LogP contribution in [0.5, 0.6) is 0 Å². The minimum Gasteiger partial charge on any atom is -0.451 e. The van der Waals surface area contributed by atoms with Crippen molar-refractivity contribution in [2.45, 2.75) is 0 Å². The van der Waals surface area contributed by atoms with E-state index in [0.717, 1.165) is 0 Å². The van der Waals surface area contributed by atoms with Gasteiger partial charge in [-0.2, -0.15) is 0 Å². The minimum absolute atomic E-state index is 0.0271. The zero-order valence-corrected chi connectivity index (χ0v) is 14.0. The molecule has 0 aliphatic carbocycles. The van der Waals surface area contributed by atoms with E-state index in [0.29, 0.717) is 22.0 Å². The largest absolute Gasteiger partial charge is 0.451 e. The standard InChI is InChI=1S/C17H10Cl2N2O4/c18-11-2-1-3-12(9-11)20-17(22)16-7-6-15(25-16)10-4-5-13(19)14(8-10)21(23)24/h1-9H,(H,20,22). The first-order valence-electron chi connectivity index (χ1n) is 7.05. The summed E-state index contributed by atoms with van der Waals surface area (Å²) in [6, 6.07) is 14.0. The maximum absolute atomic E-state index is 12.2. The third-order valence-electron chi connectivity index (χ3n) is 3.34. The van der Waals surface area contributed by atoms with Crippen molar-refractivity contribution in [1.29, 1.82) is 0 Å². The van der Waals surface area contributed by atoms with Gasteiger partial charge in [0.2, 0.25) is 0 Å². The molecule has 6 nitrogen and oxygen atoms in total. The van der Waals surface area contributed by atoms with Crippen LogP contribution >= 0.6 is 23.2 Å². The zero-order valence-electron chi connectivity index (χ0n) is 12.5. The van der Waals surface area contributed by atoms with Gasteiger partial charge in [0.25, 0.3) is 11.6 Å². The Balaban J connectivity index is 1.84. The van der Waals surface area contributed by atoms with Gasteiger partial charge < -0.3 is 9.73 Å². The molecule has 0 radical (unpaired) electrons. The Kier molecular flexibility index (Phi) is 4.74. The molecule has 0 saturated heterocycles. The summed E-state index contributed by atoms with van der Waals surface area (Å²) >= 11 is 11.7. The highest BCUT2D eigenvalue weighted by atomic mass is 35.5. The maximum Gasteiger partial charge on any atom is 0.291 e. The second kappa shape index (κ2) is 6.96. The van der Waals surface area contributed by atoms with Crippen LogP contribution in [-0.4, -0.2) is 10.8 Å². The van der Waals surface area contributed by atoms with Gasteiger partial charge in [0.15, 0.2) is 5.76 Å². The third kappa shape index (κ3) is 3.81. The fourth-order valence-corrected chi connectivity index (χ4v) is 2.56. The molecule has 0 bridgehead atoms. The fraction of sp³-hybridized carbons (Fsp3) is 0. The average Bonchev–Trinajstić information content (AvgIpc) is 3.05. The van der Waals surface area contributed by atoms with Crippen LogP contribution in [0.3, 0.4) is 0 Å². The zero-order chi connectivity index (χ0) is 18.0. The number of furan rings is 1. The molecule has 0 aliphatic rings. The number of hydrogen-bond acceptors (Lipinski definition) is 4. The van der Waals surface area contributed by atoms with E-state index < -0.39 is 10.8 Å². The van der Waals surface area contributed by atoms with Gasteiger partial charge in [-0.1, -0.05) is 29.3 Å². The van der Waals surface area contributed by atoms with Gasteiger partial charge in [-0.3, -0.25) is 14.9 Å². The smallest absolute Gasteiger partial charge is 0.291 e. The molecule has 8 heteroatoms. The van der Waals surface area contributed by atoms with Gasteiger partial charge >= 0.3 is 0 Å². The molecule has 1 amide bonds. The Labute approximate surface area is 152 Å². The lowest BCUT2D eigenvalue weighted by atomic mass is 10.1. The number of carbonyl (C=O) groups is 1. The first-order chi connectivity index (χ1) is 11.9. The van der Waals surface area contributed by atoms with Crippen LogP contribution in [0.4, 0.5) is 11.4 Å². The SMILES string of the molecule is O=C(Nc1cccc(Cl)c1)c1ccc(-c2ccc(Cl)c([N+](=O)[O-])c2)o1. The highest BCUT2D eigenvalue weighted by Crippen LogP contribution is 2.31. The van der Waals surface area contributed by atoms with Crippen LogP contribution in [0.25, 0.3) is 11.3 Å². The number of nitrogens with zero attached hydrogens (tertiary/aromatic N) is 1. The normalized spacial score (nSPS) is 10.5. The summed E-state index contributed by atoms with van der Waals surface area (Å²) in [6.07, 6.45) is 0. The Hall–Kier alpha value is -2.83. The number of amides is 1. The third-order valence-corrected chi connectivity index (χ3v) is 3.89. The molecular weight excluding hydrogens is 367 g/mol. The second-order valence-corrected chi connectivity index (χ2v) is 5.90. The molecule has 0 spiro atoms. The molecule has 0 aliphatic heterocycles. The molecule has 3 rings (SSSR count). The molecule has 0 saturated carbocycles. The van der Waals surface area contributed by atoms with Crippen molar-refractivity contribution in [3.63, 3.8) is 0 Å². The molecule has 25 heavy (non-hydrogen) atoms. The average molecular weight is 377 g/mol. The van der Waals surface area contributed by atoms with Crippen molar-refractivity contribution >= 4 is 40.5 Å². The van der Waals surface area contributed by atoms with Crippen molar-refractivity contribution in [2.75, 3.05) is 5.32 Å². The number of nitro benzene ring substituents is 1. The fourth-order valence-electron chi connectivity index (χ4n) is 2.18. The number of benzene rings is 2. The first-order valence-corrected chi connectivity index (χ1v) is 7.81. The van der Waals surface area contributed by atoms with Crippen LogP contribution in [0.2, 0.25) is 10.0 Å². The molecule has 1 N–H and O–H groups in total. The van der Waals surface area contributed by atoms with E-state index in [1.807, 2.05) is 0 Å². The van der Waals surface area contributed by atoms with Crippen molar-refractivity contribution in [3.8, 4) is 11.3 Å². The number of halogens is 2. The van der Waals surface area contributed by atoms with E-state index >= 15 is 0 Å². The van der Waals surface area contributed by atoms with Crippen LogP contribution in [0.15, 0.2) is 59.0 Å². The van der Waals surface area contributed by atoms with Gasteiger partial charge in [0, 0.05) is 22.3 Å². The number of hydrogen-bond donors (Lipinski definition) is 1. The lowest BCUT2D eigenvalue weighted by molar-refractivity contribution is -0.384. The monoisotopic (exact) mass is 376 g/mol. The van der Waals surface area contributed by atoms with Gasteiger partial charge in [0.05, 0.1) is 4.92 Å². The summed E-state index contributed by atoms with van der Waals surface area (Å²) in [7, 11) is 0. The maximum atomic E-state index is 12.2. The lowest BCUT2D eigenvalue weighted by Gasteiger charge is -2.03. The number of nitro groups is 1. The molecule has 1 heterocycles. The van der Waals surface area contributed by atoms with E-state index in [9.17, 15) is 14.9 Å². The predicted molar refractivity (Wildman–Crippen MR) is 95.2 cm³/mol. The molecule has 1 aromatic heterocycles. The Morgan fingerprint density at radius 2 is 1.88 bits per heavy atom. The summed E-state index contributed by atoms with van der Waals surface area (Å²) in [6.45, 7) is 0. The summed E-state index contributed by atoms with van der Waals surface area (Å²) in [5, 5.41) is 14.1. The summed E-state index contributed by atoms with van der Waals surface area (Å²) in [5.41, 5.74) is 0.732. The quantitative estimate of drug-likeness (QED) is 0.486. The second-order valence-electron chi connectivity index (χ2n) is 5.05. The van der Waals surface area contributed by atoms with Gasteiger partial charge in [-0.25, -0.2) is 0 Å². The molecule has 0 unspecified atom stereocenters. The van der Waals surface area contributed by atoms with E-state index in [1.54, 1.807) is 36.4 Å². The Bertz CT molecular complexity index is 969. The van der Waals surface area contributed by atoms with Crippen molar-refractivity contribution < 1.29 is 14.1 Å². The van der Waals surface area contributed by atoms with Crippen molar-refractivity contribution in [2.24, 2.45) is 0 Å². The van der Waals surface area contributed by atoms with Crippen LogP contribution in [0.1, 0.15) is 10.6 Å². The molecule has 0 atom stereocenters. The van der Waals surface area contributed by atoms with E-state index in [4.69, 9.17) is 27.6 Å². The van der Waals surface area contributed by atoms with Crippen molar-refractivity contribution in [3.05, 3.63) is 80.5 Å². The summed E-state index contributed by atoms with van der Waals surface area (Å²) in [4.78, 5) is 22.6. The van der Waals surface area contributed by atoms with Gasteiger partial charge in [-0.05, 0) is 42.5 Å². The van der Waals surface area contributed by atoms with Gasteiger partial charge in [0.1, 0.15) is 10.8 Å². The number of nitrogens with one attached hydrogen (secondary N) is 1. The minimum atomic E-state index is -0.582. The molecular formula is C17H10Cl2N2O4. The lowest BCUT2D eigenvalue weighted by Crippen LogP contribution is -2.10. The van der Waals surface area contributed by atoms with Crippen molar-refractivity contribution in [1.82, 2.24) is 0 Å². The molecule has 0 fully saturated rings. The number of rotatable bonds is 4. The van der Waals surface area contributed by atoms with Crippen LogP contribution in [-0.2, 0) is 0 Å². The van der Waals surface area contributed by atoms with E-state index in [1.165, 1.54) is 18.2 Å². The van der Waals surface area contributed by atoms with E-state index in [2.05, 4.69) is 5.32 Å². The topological polar surface area (TPSA) is 85.4 Å². The molecule has 2 aromatic carbocycles. The molecule has 126 valence electrons. The Morgan fingerprint density at radius 3 is 2.60 bits per heavy atom. The van der Waals surface area contributed by atoms with Crippen LogP contribution < -0.4 is 5.32 Å². The van der Waals surface area contributed by atoms with E-state index in [-0.39, 0.29) is 16.5 Å². The first kappa shape index (κ1) is 17.0. The predicted octanol–water partition coefficient (Wildman–Crippen LogP) is 5.41. The van der Waals surface area contributed by atoms with Crippen LogP contribution in [0, 0.1) is 10.1 Å².